The highest BCUT2D eigenvalue weighted by molar-refractivity contribution is 5.66. The van der Waals surface area contributed by atoms with E-state index in [0.29, 0.717) is 0 Å². The molecule has 27 heavy (non-hydrogen) atoms. The maximum Gasteiger partial charge on any atom is 0.304 e. The van der Waals surface area contributed by atoms with Gasteiger partial charge in [-0.15, -0.1) is 0 Å². The first-order chi connectivity index (χ1) is 12.5. The van der Waals surface area contributed by atoms with Crippen molar-refractivity contribution in [1.82, 2.24) is 0 Å². The molecule has 0 amide bonds. The van der Waals surface area contributed by atoms with Crippen LogP contribution in [0.3, 0.4) is 0 Å². The molecular formula is C14H27NO12. The van der Waals surface area contributed by atoms with Gasteiger partial charge in [0.25, 0.3) is 0 Å². The number of nitrogens with two attached hydrogens (primary N) is 1. The highest BCUT2D eigenvalue weighted by Crippen LogP contribution is 2.20. The normalized spacial score (nSPS) is 32.3. The first kappa shape index (κ1) is 25.7. The van der Waals surface area contributed by atoms with E-state index in [4.69, 9.17) is 41.1 Å². The summed E-state index contributed by atoms with van der Waals surface area (Å²) in [5.41, 5.74) is 5.48. The summed E-state index contributed by atoms with van der Waals surface area (Å²) in [7, 11) is 0. The van der Waals surface area contributed by atoms with Crippen molar-refractivity contribution in [1.29, 1.82) is 0 Å². The molecule has 1 rings (SSSR count). The zero-order chi connectivity index (χ0) is 21.3. The molecule has 1 fully saturated rings. The van der Waals surface area contributed by atoms with Crippen molar-refractivity contribution in [2.24, 2.45) is 5.73 Å². The number of hydrogen-bond donors (Lipinski definition) is 9. The minimum absolute atomic E-state index is 0.0258. The van der Waals surface area contributed by atoms with E-state index in [2.05, 4.69) is 4.74 Å². The predicted molar refractivity (Wildman–Crippen MR) is 84.7 cm³/mol. The summed E-state index contributed by atoms with van der Waals surface area (Å²) >= 11 is 0. The van der Waals surface area contributed by atoms with Crippen LogP contribution in [-0.2, 0) is 19.1 Å². The van der Waals surface area contributed by atoms with Crippen LogP contribution in [-0.4, -0.2) is 121 Å². The van der Waals surface area contributed by atoms with Crippen molar-refractivity contribution in [2.45, 2.75) is 62.0 Å². The van der Waals surface area contributed by atoms with Gasteiger partial charge in [0.15, 0.2) is 6.29 Å². The molecule has 10 N–H and O–H groups in total. The lowest BCUT2D eigenvalue weighted by molar-refractivity contribution is -0.258. The van der Waals surface area contributed by atoms with Crippen LogP contribution >= 0.6 is 0 Å². The Balaban J connectivity index is 0.000000516. The summed E-state index contributed by atoms with van der Waals surface area (Å²) in [4.78, 5) is 20.6. The van der Waals surface area contributed by atoms with Crippen LogP contribution in [0.1, 0.15) is 6.92 Å². The van der Waals surface area contributed by atoms with Crippen molar-refractivity contribution >= 4 is 12.3 Å². The number of esters is 1. The number of aldehydes is 1. The molecule has 13 nitrogen and oxygen atoms in total. The maximum absolute atomic E-state index is 10.7. The summed E-state index contributed by atoms with van der Waals surface area (Å²) in [6.45, 7) is -0.0893. The fraction of sp³-hybridized carbons (Fsp3) is 0.857. The van der Waals surface area contributed by atoms with Gasteiger partial charge in [-0.05, 0) is 0 Å². The zero-order valence-electron chi connectivity index (χ0n) is 14.5. The lowest BCUT2D eigenvalue weighted by Gasteiger charge is -2.39. The topological polar surface area (TPSA) is 240 Å². The van der Waals surface area contributed by atoms with Crippen LogP contribution in [0.25, 0.3) is 0 Å². The number of aliphatic hydroxyl groups is 8. The first-order valence-corrected chi connectivity index (χ1v) is 7.85. The Morgan fingerprint density at radius 1 is 1.15 bits per heavy atom. The van der Waals surface area contributed by atoms with Gasteiger partial charge in [0.1, 0.15) is 42.7 Å². The molecule has 1 aliphatic rings. The maximum atomic E-state index is 10.7. The minimum atomic E-state index is -1.79. The monoisotopic (exact) mass is 401 g/mol. The Bertz CT molecular complexity index is 450. The molecular weight excluding hydrogens is 374 g/mol. The number of carbonyl (C=O) groups excluding carboxylic acids is 2. The van der Waals surface area contributed by atoms with Gasteiger partial charge < -0.3 is 60.9 Å². The van der Waals surface area contributed by atoms with E-state index in [1.807, 2.05) is 0 Å². The Morgan fingerprint density at radius 3 is 2.11 bits per heavy atom. The van der Waals surface area contributed by atoms with Crippen LogP contribution < -0.4 is 5.73 Å². The highest BCUT2D eigenvalue weighted by atomic mass is 16.7. The predicted octanol–water partition coefficient (Wildman–Crippen LogP) is -6.06. The number of hydrogen-bond acceptors (Lipinski definition) is 13. The lowest BCUT2D eigenvalue weighted by atomic mass is 9.98. The molecule has 0 bridgehead atoms. The highest BCUT2D eigenvalue weighted by Gasteiger charge is 2.43. The molecule has 0 spiro atoms. The van der Waals surface area contributed by atoms with E-state index in [-0.39, 0.29) is 6.29 Å². The van der Waals surface area contributed by atoms with Gasteiger partial charge in [0.2, 0.25) is 6.29 Å². The van der Waals surface area contributed by atoms with Crippen LogP contribution in [0.15, 0.2) is 0 Å². The molecule has 1 heterocycles. The molecule has 1 aliphatic heterocycles. The van der Waals surface area contributed by atoms with Crippen LogP contribution in [0.2, 0.25) is 0 Å². The van der Waals surface area contributed by atoms with E-state index < -0.39 is 74.2 Å². The van der Waals surface area contributed by atoms with Crippen LogP contribution in [0.5, 0.6) is 0 Å². The molecule has 0 aromatic rings. The second-order valence-electron chi connectivity index (χ2n) is 5.75. The van der Waals surface area contributed by atoms with E-state index >= 15 is 0 Å². The van der Waals surface area contributed by atoms with Crippen LogP contribution in [0.4, 0.5) is 0 Å². The van der Waals surface area contributed by atoms with E-state index in [0.717, 1.165) is 0 Å². The van der Waals surface area contributed by atoms with Gasteiger partial charge in [-0.1, -0.05) is 0 Å². The van der Waals surface area contributed by atoms with E-state index in [9.17, 15) is 19.8 Å². The van der Waals surface area contributed by atoms with Crippen molar-refractivity contribution < 1.29 is 59.9 Å². The van der Waals surface area contributed by atoms with Crippen LogP contribution in [0, 0.1) is 0 Å². The third-order valence-corrected chi connectivity index (χ3v) is 3.63. The van der Waals surface area contributed by atoms with Crippen molar-refractivity contribution in [2.75, 3.05) is 13.2 Å². The SMILES string of the molecule is CC(=O)OC1O[C@H](CO)[C@@H](O)[C@H](O)[C@H]1N.O=CC(O)C(O)C(O)C(O)CO. The summed E-state index contributed by atoms with van der Waals surface area (Å²) in [6.07, 6.45) is -11.6. The molecule has 5 unspecified atom stereocenters. The molecule has 1 saturated heterocycles. The lowest BCUT2D eigenvalue weighted by Crippen LogP contribution is -2.62. The zero-order valence-corrected chi connectivity index (χ0v) is 14.5. The average Bonchev–Trinajstić information content (AvgIpc) is 2.65. The number of rotatable bonds is 7. The molecule has 13 heteroatoms. The Kier molecular flexibility index (Phi) is 11.7. The quantitative estimate of drug-likeness (QED) is 0.143. The molecule has 0 aromatic carbocycles. The molecule has 0 aliphatic carbocycles. The third-order valence-electron chi connectivity index (χ3n) is 3.63. The third kappa shape index (κ3) is 7.71. The molecule has 0 aromatic heterocycles. The van der Waals surface area contributed by atoms with Crippen molar-refractivity contribution in [3.05, 3.63) is 0 Å². The summed E-state index contributed by atoms with van der Waals surface area (Å²) in [6, 6.07) is -1.04. The molecule has 0 saturated carbocycles. The second-order valence-corrected chi connectivity index (χ2v) is 5.75. The van der Waals surface area contributed by atoms with E-state index in [1.54, 1.807) is 0 Å². The smallest absolute Gasteiger partial charge is 0.304 e. The standard InChI is InChI=1S/C8H15NO6.C6H12O6/c1-3(11)14-8-5(9)7(13)6(12)4(2-10)15-8;7-1-3(9)5(11)6(12)4(10)2-8/h4-8,10,12-13H,2,9H2,1H3;1,3-6,8-12H,2H2/t4-,5-,6-,7-,8?;/m1./s1. The minimum Gasteiger partial charge on any atom is -0.434 e. The van der Waals surface area contributed by atoms with Gasteiger partial charge in [-0.3, -0.25) is 4.79 Å². The summed E-state index contributed by atoms with van der Waals surface area (Å²) < 4.78 is 9.70. The number of ether oxygens (including phenoxy) is 2. The average molecular weight is 401 g/mol. The summed E-state index contributed by atoms with van der Waals surface area (Å²) in [5.74, 6) is -0.615. The van der Waals surface area contributed by atoms with Crippen molar-refractivity contribution in [3.63, 3.8) is 0 Å². The molecule has 160 valence electrons. The second kappa shape index (κ2) is 12.2. The van der Waals surface area contributed by atoms with Gasteiger partial charge in [-0.2, -0.15) is 0 Å². The van der Waals surface area contributed by atoms with Gasteiger partial charge >= 0.3 is 5.97 Å². The van der Waals surface area contributed by atoms with Gasteiger partial charge in [0.05, 0.1) is 19.3 Å². The Morgan fingerprint density at radius 2 is 1.70 bits per heavy atom. The number of carbonyl (C=O) groups is 2. The largest absolute Gasteiger partial charge is 0.434 e. The van der Waals surface area contributed by atoms with E-state index in [1.165, 1.54) is 6.92 Å². The first-order valence-electron chi connectivity index (χ1n) is 7.85. The Hall–Kier alpha value is -1.26. The van der Waals surface area contributed by atoms with Gasteiger partial charge in [-0.25, -0.2) is 0 Å². The Labute approximate surface area is 154 Å². The fourth-order valence-corrected chi connectivity index (χ4v) is 1.99. The van der Waals surface area contributed by atoms with Crippen molar-refractivity contribution in [3.8, 4) is 0 Å². The molecule has 0 radical (unpaired) electrons. The molecule has 9 atom stereocenters. The summed E-state index contributed by atoms with van der Waals surface area (Å²) in [5, 5.41) is 71.3. The van der Waals surface area contributed by atoms with Gasteiger partial charge in [0, 0.05) is 6.92 Å². The fourth-order valence-electron chi connectivity index (χ4n) is 1.99. The number of aliphatic hydroxyl groups excluding tert-OH is 8.